The van der Waals surface area contributed by atoms with Gasteiger partial charge in [-0.1, -0.05) is 23.7 Å². The Kier molecular flexibility index (Phi) is 4.50. The van der Waals surface area contributed by atoms with Crippen LogP contribution < -0.4 is 10.6 Å². The van der Waals surface area contributed by atoms with Gasteiger partial charge in [0.05, 0.1) is 6.54 Å². The molecule has 0 radical (unpaired) electrons. The summed E-state index contributed by atoms with van der Waals surface area (Å²) in [6, 6.07) is 9.60. The first-order chi connectivity index (χ1) is 8.78. The quantitative estimate of drug-likeness (QED) is 0.869. The average Bonchev–Trinajstić information content (AvgIpc) is 2.39. The zero-order valence-corrected chi connectivity index (χ0v) is 10.9. The topological polar surface area (TPSA) is 49.8 Å². The largest absolute Gasteiger partial charge is 0.366 e. The van der Waals surface area contributed by atoms with E-state index >= 15 is 0 Å². The molecular weight excluding hydrogens is 248 g/mol. The summed E-state index contributed by atoms with van der Waals surface area (Å²) in [6.07, 6.45) is 1.75. The van der Waals surface area contributed by atoms with Gasteiger partial charge in [0.2, 0.25) is 0 Å². The highest BCUT2D eigenvalue weighted by Crippen LogP contribution is 2.11. The van der Waals surface area contributed by atoms with Gasteiger partial charge in [0.15, 0.2) is 0 Å². The first kappa shape index (κ1) is 12.8. The average molecular weight is 263 g/mol. The lowest BCUT2D eigenvalue weighted by atomic mass is 10.2. The number of rotatable bonds is 5. The van der Waals surface area contributed by atoms with Crippen molar-refractivity contribution in [2.75, 3.05) is 12.4 Å². The van der Waals surface area contributed by atoms with E-state index in [-0.39, 0.29) is 0 Å². The molecule has 4 nitrogen and oxygen atoms in total. The third-order valence-electron chi connectivity index (χ3n) is 2.43. The summed E-state index contributed by atoms with van der Waals surface area (Å²) in [5.74, 6) is 1.60. The number of hydrogen-bond acceptors (Lipinski definition) is 4. The predicted octanol–water partition coefficient (Wildman–Crippen LogP) is 2.46. The van der Waals surface area contributed by atoms with Crippen LogP contribution >= 0.6 is 11.6 Å². The first-order valence-electron chi connectivity index (χ1n) is 5.73. The lowest BCUT2D eigenvalue weighted by Gasteiger charge is -2.07. The number of anilines is 1. The molecule has 2 N–H and O–H groups in total. The van der Waals surface area contributed by atoms with E-state index in [1.807, 2.05) is 37.4 Å². The van der Waals surface area contributed by atoms with Gasteiger partial charge < -0.3 is 10.6 Å². The Hall–Kier alpha value is -1.65. The van der Waals surface area contributed by atoms with Crippen molar-refractivity contribution in [1.82, 2.24) is 15.3 Å². The molecule has 0 saturated heterocycles. The lowest BCUT2D eigenvalue weighted by molar-refractivity contribution is 0.758. The minimum absolute atomic E-state index is 0.663. The molecule has 1 heterocycles. The molecule has 5 heteroatoms. The number of aromatic nitrogens is 2. The molecule has 2 rings (SSSR count). The maximum absolute atomic E-state index is 5.84. The Morgan fingerprint density at radius 1 is 1.11 bits per heavy atom. The van der Waals surface area contributed by atoms with Gasteiger partial charge in [-0.25, -0.2) is 9.97 Å². The third kappa shape index (κ3) is 3.68. The Balaban J connectivity index is 1.97. The van der Waals surface area contributed by atoms with Gasteiger partial charge in [-0.2, -0.15) is 0 Å². The SMILES string of the molecule is CNCc1nccc(NCc2ccc(Cl)cc2)n1. The van der Waals surface area contributed by atoms with Crippen molar-refractivity contribution in [3.8, 4) is 0 Å². The molecule has 0 fully saturated rings. The lowest BCUT2D eigenvalue weighted by Crippen LogP contribution is -2.10. The molecule has 1 aromatic heterocycles. The van der Waals surface area contributed by atoms with Crippen LogP contribution in [0.4, 0.5) is 5.82 Å². The molecule has 2 aromatic rings. The standard InChI is InChI=1S/C13H15ClN4/c1-15-9-13-16-7-6-12(18-13)17-8-10-2-4-11(14)5-3-10/h2-7,15H,8-9H2,1H3,(H,16,17,18). The van der Waals surface area contributed by atoms with Crippen LogP contribution in [-0.4, -0.2) is 17.0 Å². The Morgan fingerprint density at radius 3 is 2.61 bits per heavy atom. The summed E-state index contributed by atoms with van der Waals surface area (Å²) in [5.41, 5.74) is 1.16. The smallest absolute Gasteiger partial charge is 0.144 e. The molecular formula is C13H15ClN4. The Morgan fingerprint density at radius 2 is 1.89 bits per heavy atom. The van der Waals surface area contributed by atoms with E-state index in [1.165, 1.54) is 0 Å². The minimum Gasteiger partial charge on any atom is -0.366 e. The molecule has 0 aliphatic heterocycles. The van der Waals surface area contributed by atoms with Crippen molar-refractivity contribution in [3.63, 3.8) is 0 Å². The normalized spacial score (nSPS) is 10.3. The van der Waals surface area contributed by atoms with E-state index < -0.39 is 0 Å². The molecule has 0 unspecified atom stereocenters. The van der Waals surface area contributed by atoms with Crippen molar-refractivity contribution < 1.29 is 0 Å². The van der Waals surface area contributed by atoms with Crippen molar-refractivity contribution in [3.05, 3.63) is 52.9 Å². The Labute approximate surface area is 111 Å². The zero-order chi connectivity index (χ0) is 12.8. The molecule has 1 aromatic carbocycles. The van der Waals surface area contributed by atoms with Crippen molar-refractivity contribution in [2.24, 2.45) is 0 Å². The van der Waals surface area contributed by atoms with Gasteiger partial charge in [-0.3, -0.25) is 0 Å². The van der Waals surface area contributed by atoms with Crippen LogP contribution in [0.15, 0.2) is 36.5 Å². The molecule has 0 saturated carbocycles. The van der Waals surface area contributed by atoms with Crippen LogP contribution in [0.2, 0.25) is 5.02 Å². The van der Waals surface area contributed by atoms with Crippen molar-refractivity contribution in [1.29, 1.82) is 0 Å². The number of nitrogens with one attached hydrogen (secondary N) is 2. The monoisotopic (exact) mass is 262 g/mol. The van der Waals surface area contributed by atoms with Crippen LogP contribution in [0.3, 0.4) is 0 Å². The molecule has 18 heavy (non-hydrogen) atoms. The van der Waals surface area contributed by atoms with E-state index in [0.717, 1.165) is 22.2 Å². The molecule has 0 atom stereocenters. The highest BCUT2D eigenvalue weighted by molar-refractivity contribution is 6.30. The first-order valence-corrected chi connectivity index (χ1v) is 6.10. The number of hydrogen-bond donors (Lipinski definition) is 2. The van der Waals surface area contributed by atoms with E-state index in [0.29, 0.717) is 13.1 Å². The van der Waals surface area contributed by atoms with Gasteiger partial charge in [0.25, 0.3) is 0 Å². The third-order valence-corrected chi connectivity index (χ3v) is 2.68. The van der Waals surface area contributed by atoms with Crippen LogP contribution in [-0.2, 0) is 13.1 Å². The van der Waals surface area contributed by atoms with E-state index in [2.05, 4.69) is 20.6 Å². The fraction of sp³-hybridized carbons (Fsp3) is 0.231. The van der Waals surface area contributed by atoms with Crippen molar-refractivity contribution >= 4 is 17.4 Å². The fourth-order valence-corrected chi connectivity index (χ4v) is 1.66. The maximum atomic E-state index is 5.84. The summed E-state index contributed by atoms with van der Waals surface area (Å²) in [5, 5.41) is 7.03. The van der Waals surface area contributed by atoms with Gasteiger partial charge >= 0.3 is 0 Å². The van der Waals surface area contributed by atoms with Crippen LogP contribution in [0, 0.1) is 0 Å². The zero-order valence-electron chi connectivity index (χ0n) is 10.2. The Bertz CT molecular complexity index is 499. The summed E-state index contributed by atoms with van der Waals surface area (Å²) in [6.45, 7) is 1.38. The fourth-order valence-electron chi connectivity index (χ4n) is 1.54. The van der Waals surface area contributed by atoms with Crippen LogP contribution in [0.1, 0.15) is 11.4 Å². The predicted molar refractivity (Wildman–Crippen MR) is 73.6 cm³/mol. The summed E-state index contributed by atoms with van der Waals surface area (Å²) in [7, 11) is 1.87. The van der Waals surface area contributed by atoms with E-state index in [1.54, 1.807) is 6.20 Å². The molecule has 0 aliphatic rings. The molecule has 0 spiro atoms. The van der Waals surface area contributed by atoms with Crippen molar-refractivity contribution in [2.45, 2.75) is 13.1 Å². The van der Waals surface area contributed by atoms with Gasteiger partial charge in [-0.15, -0.1) is 0 Å². The highest BCUT2D eigenvalue weighted by atomic mass is 35.5. The van der Waals surface area contributed by atoms with Crippen LogP contribution in [0.5, 0.6) is 0 Å². The number of benzene rings is 1. The second-order valence-electron chi connectivity index (χ2n) is 3.87. The molecule has 0 bridgehead atoms. The molecule has 94 valence electrons. The molecule has 0 amide bonds. The van der Waals surface area contributed by atoms with E-state index in [9.17, 15) is 0 Å². The summed E-state index contributed by atoms with van der Waals surface area (Å²) < 4.78 is 0. The van der Waals surface area contributed by atoms with Gasteiger partial charge in [0, 0.05) is 17.8 Å². The van der Waals surface area contributed by atoms with Gasteiger partial charge in [0.1, 0.15) is 11.6 Å². The highest BCUT2D eigenvalue weighted by Gasteiger charge is 1.98. The second kappa shape index (κ2) is 6.33. The summed E-state index contributed by atoms with van der Waals surface area (Å²) >= 11 is 5.84. The molecule has 0 aliphatic carbocycles. The number of halogens is 1. The van der Waals surface area contributed by atoms with E-state index in [4.69, 9.17) is 11.6 Å². The second-order valence-corrected chi connectivity index (χ2v) is 4.30. The minimum atomic E-state index is 0.663. The number of nitrogens with zero attached hydrogens (tertiary/aromatic N) is 2. The maximum Gasteiger partial charge on any atom is 0.144 e. The van der Waals surface area contributed by atoms with Gasteiger partial charge in [-0.05, 0) is 30.8 Å². The van der Waals surface area contributed by atoms with Crippen LogP contribution in [0.25, 0.3) is 0 Å². The summed E-state index contributed by atoms with van der Waals surface area (Å²) in [4.78, 5) is 8.55.